The third-order valence-electron chi connectivity index (χ3n) is 4.70. The predicted molar refractivity (Wildman–Crippen MR) is 112 cm³/mol. The third-order valence-corrected chi connectivity index (χ3v) is 6.72. The first-order chi connectivity index (χ1) is 13.2. The third kappa shape index (κ3) is 4.61. The summed E-state index contributed by atoms with van der Waals surface area (Å²) in [4.78, 5) is 22.6. The van der Waals surface area contributed by atoms with Gasteiger partial charge in [0.2, 0.25) is 5.91 Å². The van der Waals surface area contributed by atoms with Gasteiger partial charge in [-0.2, -0.15) is 0 Å². The summed E-state index contributed by atoms with van der Waals surface area (Å²) >= 11 is 3.16. The number of hydrogen-bond donors (Lipinski definition) is 2. The Morgan fingerprint density at radius 3 is 2.81 bits per heavy atom. The fourth-order valence-electron chi connectivity index (χ4n) is 3.18. The molecule has 1 fully saturated rings. The van der Waals surface area contributed by atoms with Crippen LogP contribution in [-0.2, 0) is 11.2 Å². The Morgan fingerprint density at radius 2 is 2.04 bits per heavy atom. The van der Waals surface area contributed by atoms with Gasteiger partial charge in [0.15, 0.2) is 5.13 Å². The number of carbonyl (C=O) groups excluding carboxylic acids is 1. The molecule has 0 bridgehead atoms. The SMILES string of the molecule is Cc1ccc(-c2nc(CC(=O)Nc3ncc(C4CCNCC4)s3)cs2)cc1. The van der Waals surface area contributed by atoms with Gasteiger partial charge in [0, 0.05) is 22.0 Å². The van der Waals surface area contributed by atoms with E-state index in [1.807, 2.05) is 11.6 Å². The molecule has 0 radical (unpaired) electrons. The van der Waals surface area contributed by atoms with Gasteiger partial charge in [-0.3, -0.25) is 4.79 Å². The maximum absolute atomic E-state index is 12.4. The van der Waals surface area contributed by atoms with Crippen molar-refractivity contribution < 1.29 is 4.79 Å². The number of rotatable bonds is 5. The van der Waals surface area contributed by atoms with Gasteiger partial charge in [-0.05, 0) is 38.8 Å². The number of nitrogens with zero attached hydrogens (tertiary/aromatic N) is 2. The molecule has 3 heterocycles. The van der Waals surface area contributed by atoms with Crippen molar-refractivity contribution in [2.24, 2.45) is 0 Å². The first-order valence-corrected chi connectivity index (χ1v) is 10.8. The first kappa shape index (κ1) is 18.3. The van der Waals surface area contributed by atoms with Crippen LogP contribution < -0.4 is 10.6 Å². The molecule has 0 spiro atoms. The smallest absolute Gasteiger partial charge is 0.232 e. The van der Waals surface area contributed by atoms with Crippen LogP contribution in [0.3, 0.4) is 0 Å². The molecule has 0 saturated carbocycles. The van der Waals surface area contributed by atoms with Crippen molar-refractivity contribution in [1.29, 1.82) is 0 Å². The van der Waals surface area contributed by atoms with Crippen molar-refractivity contribution in [2.45, 2.75) is 32.1 Å². The summed E-state index contributed by atoms with van der Waals surface area (Å²) in [5.74, 6) is 0.493. The van der Waals surface area contributed by atoms with Crippen molar-refractivity contribution in [1.82, 2.24) is 15.3 Å². The highest BCUT2D eigenvalue weighted by Gasteiger charge is 2.18. The molecular weight excluding hydrogens is 376 g/mol. The molecule has 1 aliphatic rings. The Morgan fingerprint density at radius 1 is 1.26 bits per heavy atom. The van der Waals surface area contributed by atoms with E-state index in [0.717, 1.165) is 42.2 Å². The molecule has 2 N–H and O–H groups in total. The van der Waals surface area contributed by atoms with Gasteiger partial charge in [0.05, 0.1) is 12.1 Å². The second-order valence-corrected chi connectivity index (χ2v) is 8.75. The highest BCUT2D eigenvalue weighted by molar-refractivity contribution is 7.15. The molecule has 140 valence electrons. The van der Waals surface area contributed by atoms with Crippen LogP contribution in [0.5, 0.6) is 0 Å². The molecule has 4 rings (SSSR count). The van der Waals surface area contributed by atoms with Crippen molar-refractivity contribution in [3.63, 3.8) is 0 Å². The number of thiazole rings is 2. The lowest BCUT2D eigenvalue weighted by Crippen LogP contribution is -2.26. The normalized spacial score (nSPS) is 15.0. The quantitative estimate of drug-likeness (QED) is 0.675. The van der Waals surface area contributed by atoms with Gasteiger partial charge >= 0.3 is 0 Å². The van der Waals surface area contributed by atoms with Crippen LogP contribution in [0.2, 0.25) is 0 Å². The van der Waals surface area contributed by atoms with E-state index in [1.54, 1.807) is 22.7 Å². The standard InChI is InChI=1S/C20H22N4OS2/c1-13-2-4-15(5-3-13)19-23-16(12-26-19)10-18(25)24-20-22-11-17(27-20)14-6-8-21-9-7-14/h2-5,11-12,14,21H,6-10H2,1H3,(H,22,24,25). The average Bonchev–Trinajstić information content (AvgIpc) is 3.33. The van der Waals surface area contributed by atoms with E-state index in [-0.39, 0.29) is 12.3 Å². The number of carbonyl (C=O) groups is 1. The number of nitrogens with one attached hydrogen (secondary N) is 2. The second kappa shape index (κ2) is 8.29. The van der Waals surface area contributed by atoms with E-state index in [2.05, 4.69) is 51.8 Å². The van der Waals surface area contributed by atoms with Crippen molar-refractivity contribution in [3.05, 3.63) is 52.0 Å². The Kier molecular flexibility index (Phi) is 5.61. The highest BCUT2D eigenvalue weighted by atomic mass is 32.1. The van der Waals surface area contributed by atoms with Gasteiger partial charge in [-0.15, -0.1) is 22.7 Å². The molecule has 7 heteroatoms. The number of amides is 1. The fourth-order valence-corrected chi connectivity index (χ4v) is 5.01. The van der Waals surface area contributed by atoms with Crippen LogP contribution >= 0.6 is 22.7 Å². The number of aryl methyl sites for hydroxylation is 1. The van der Waals surface area contributed by atoms with Gasteiger partial charge in [-0.1, -0.05) is 29.8 Å². The molecule has 3 aromatic rings. The topological polar surface area (TPSA) is 66.9 Å². The zero-order valence-electron chi connectivity index (χ0n) is 15.2. The molecule has 1 amide bonds. The van der Waals surface area contributed by atoms with Crippen LogP contribution in [-0.4, -0.2) is 29.0 Å². The maximum Gasteiger partial charge on any atom is 0.232 e. The summed E-state index contributed by atoms with van der Waals surface area (Å²) in [5.41, 5.74) is 3.11. The van der Waals surface area contributed by atoms with Crippen molar-refractivity contribution in [3.8, 4) is 10.6 Å². The Bertz CT molecular complexity index is 910. The summed E-state index contributed by atoms with van der Waals surface area (Å²) in [6, 6.07) is 8.28. The Labute approximate surface area is 166 Å². The minimum Gasteiger partial charge on any atom is -0.317 e. The monoisotopic (exact) mass is 398 g/mol. The lowest BCUT2D eigenvalue weighted by atomic mass is 9.97. The van der Waals surface area contributed by atoms with Gasteiger partial charge in [-0.25, -0.2) is 9.97 Å². The molecule has 1 saturated heterocycles. The van der Waals surface area contributed by atoms with Gasteiger partial charge in [0.25, 0.3) is 0 Å². The molecule has 0 unspecified atom stereocenters. The van der Waals surface area contributed by atoms with Crippen molar-refractivity contribution >= 4 is 33.7 Å². The molecule has 1 aliphatic heterocycles. The predicted octanol–water partition coefficient (Wildman–Crippen LogP) is 4.22. The number of aromatic nitrogens is 2. The van der Waals surface area contributed by atoms with E-state index < -0.39 is 0 Å². The highest BCUT2D eigenvalue weighted by Crippen LogP contribution is 2.31. The van der Waals surface area contributed by atoms with E-state index >= 15 is 0 Å². The zero-order chi connectivity index (χ0) is 18.6. The molecular formula is C20H22N4OS2. The summed E-state index contributed by atoms with van der Waals surface area (Å²) in [7, 11) is 0. The Hall–Kier alpha value is -2.09. The first-order valence-electron chi connectivity index (χ1n) is 9.15. The summed E-state index contributed by atoms with van der Waals surface area (Å²) in [6.45, 7) is 4.17. The maximum atomic E-state index is 12.4. The number of hydrogen-bond acceptors (Lipinski definition) is 6. The molecule has 5 nitrogen and oxygen atoms in total. The summed E-state index contributed by atoms with van der Waals surface area (Å²) < 4.78 is 0. The zero-order valence-corrected chi connectivity index (χ0v) is 16.8. The molecule has 27 heavy (non-hydrogen) atoms. The van der Waals surface area contributed by atoms with E-state index in [4.69, 9.17) is 0 Å². The molecule has 2 aromatic heterocycles. The molecule has 1 aromatic carbocycles. The van der Waals surface area contributed by atoms with Crippen LogP contribution in [0, 0.1) is 6.92 Å². The lowest BCUT2D eigenvalue weighted by molar-refractivity contribution is -0.115. The largest absolute Gasteiger partial charge is 0.317 e. The molecule has 0 atom stereocenters. The van der Waals surface area contributed by atoms with Crippen LogP contribution in [0.1, 0.15) is 34.9 Å². The number of benzene rings is 1. The van der Waals surface area contributed by atoms with E-state index in [0.29, 0.717) is 11.0 Å². The average molecular weight is 399 g/mol. The number of anilines is 1. The summed E-state index contributed by atoms with van der Waals surface area (Å²) in [5, 5.41) is 9.88. The minimum absolute atomic E-state index is 0.0676. The van der Waals surface area contributed by atoms with Crippen molar-refractivity contribution in [2.75, 3.05) is 18.4 Å². The second-order valence-electron chi connectivity index (χ2n) is 6.83. The van der Waals surface area contributed by atoms with Crippen LogP contribution in [0.15, 0.2) is 35.8 Å². The van der Waals surface area contributed by atoms with Gasteiger partial charge < -0.3 is 10.6 Å². The van der Waals surface area contributed by atoms with Gasteiger partial charge in [0.1, 0.15) is 5.01 Å². The lowest BCUT2D eigenvalue weighted by Gasteiger charge is -2.20. The number of piperidine rings is 1. The fraction of sp³-hybridized carbons (Fsp3) is 0.350. The van der Waals surface area contributed by atoms with E-state index in [9.17, 15) is 4.79 Å². The Balaban J connectivity index is 1.36. The molecule has 0 aliphatic carbocycles. The minimum atomic E-state index is -0.0676. The van der Waals surface area contributed by atoms with Crippen LogP contribution in [0.25, 0.3) is 10.6 Å². The van der Waals surface area contributed by atoms with E-state index in [1.165, 1.54) is 10.4 Å². The summed E-state index contributed by atoms with van der Waals surface area (Å²) in [6.07, 6.45) is 4.45. The van der Waals surface area contributed by atoms with Crippen LogP contribution in [0.4, 0.5) is 5.13 Å².